The molecule has 0 aromatic carbocycles. The Kier molecular flexibility index (Phi) is 9.07. The van der Waals surface area contributed by atoms with Crippen LogP contribution in [0.2, 0.25) is 0 Å². The molecule has 0 aromatic heterocycles. The van der Waals surface area contributed by atoms with Crippen LogP contribution in [0.3, 0.4) is 0 Å². The van der Waals surface area contributed by atoms with E-state index in [1.54, 1.807) is 0 Å². The van der Waals surface area contributed by atoms with Crippen LogP contribution < -0.4 is 0 Å². The van der Waals surface area contributed by atoms with Crippen molar-refractivity contribution in [3.05, 3.63) is 0 Å². The van der Waals surface area contributed by atoms with Crippen molar-refractivity contribution in [3.63, 3.8) is 0 Å². The van der Waals surface area contributed by atoms with E-state index in [1.807, 2.05) is 0 Å². The van der Waals surface area contributed by atoms with Gasteiger partial charge in [0.25, 0.3) is 0 Å². The first-order chi connectivity index (χ1) is 7.45. The second-order valence-electron chi connectivity index (χ2n) is 6.52. The lowest BCUT2D eigenvalue weighted by Crippen LogP contribution is -2.04. The second kappa shape index (κ2) is 9.07. The van der Waals surface area contributed by atoms with Gasteiger partial charge >= 0.3 is 0 Å². The molecule has 0 amide bonds. The van der Waals surface area contributed by atoms with Crippen molar-refractivity contribution in [2.24, 2.45) is 23.7 Å². The van der Waals surface area contributed by atoms with E-state index in [1.165, 1.54) is 38.5 Å². The minimum Gasteiger partial charge on any atom is -0.0651 e. The topological polar surface area (TPSA) is 0 Å². The summed E-state index contributed by atoms with van der Waals surface area (Å²) in [6.45, 7) is 14.2. The zero-order chi connectivity index (χ0) is 12.6. The lowest BCUT2D eigenvalue weighted by molar-refractivity contribution is 0.347. The summed E-state index contributed by atoms with van der Waals surface area (Å²) < 4.78 is 0. The minimum absolute atomic E-state index is 0.868. The van der Waals surface area contributed by atoms with Gasteiger partial charge in [-0.25, -0.2) is 0 Å². The molecule has 0 aromatic rings. The molecule has 3 atom stereocenters. The lowest BCUT2D eigenvalue weighted by atomic mass is 9.88. The Bertz CT molecular complexity index is 148. The van der Waals surface area contributed by atoms with Crippen LogP contribution in [-0.4, -0.2) is 0 Å². The highest BCUT2D eigenvalue weighted by atomic mass is 14.1. The van der Waals surface area contributed by atoms with Gasteiger partial charge in [0.1, 0.15) is 0 Å². The standard InChI is InChI=1S/C16H34/c1-7-14(4)12-16(6)10-8-9-15(5)11-13(2)3/h13-16H,7-12H2,1-6H3. The average molecular weight is 226 g/mol. The summed E-state index contributed by atoms with van der Waals surface area (Å²) in [6.07, 6.45) is 8.48. The zero-order valence-corrected chi connectivity index (χ0v) is 12.6. The van der Waals surface area contributed by atoms with Crippen molar-refractivity contribution < 1.29 is 0 Å². The molecule has 0 nitrogen and oxygen atoms in total. The molecule has 0 aliphatic carbocycles. The third-order valence-corrected chi connectivity index (χ3v) is 3.77. The zero-order valence-electron chi connectivity index (χ0n) is 12.6. The fourth-order valence-electron chi connectivity index (χ4n) is 2.71. The Hall–Kier alpha value is 0. The minimum atomic E-state index is 0.868. The average Bonchev–Trinajstić information content (AvgIpc) is 2.16. The van der Waals surface area contributed by atoms with Gasteiger partial charge in [-0.15, -0.1) is 0 Å². The Morgan fingerprint density at radius 1 is 0.688 bits per heavy atom. The van der Waals surface area contributed by atoms with E-state index < -0.39 is 0 Å². The predicted molar refractivity (Wildman–Crippen MR) is 75.7 cm³/mol. The highest BCUT2D eigenvalue weighted by molar-refractivity contribution is 4.61. The quantitative estimate of drug-likeness (QED) is 0.458. The Morgan fingerprint density at radius 3 is 1.62 bits per heavy atom. The maximum Gasteiger partial charge on any atom is -0.0440 e. The molecule has 0 rings (SSSR count). The summed E-state index contributed by atoms with van der Waals surface area (Å²) in [5.74, 6) is 3.65. The van der Waals surface area contributed by atoms with Crippen LogP contribution in [0.1, 0.15) is 80.1 Å². The largest absolute Gasteiger partial charge is 0.0651 e. The molecule has 0 N–H and O–H groups in total. The molecule has 0 bridgehead atoms. The van der Waals surface area contributed by atoms with Crippen molar-refractivity contribution in [1.82, 2.24) is 0 Å². The molecule has 98 valence electrons. The highest BCUT2D eigenvalue weighted by Gasteiger charge is 2.09. The van der Waals surface area contributed by atoms with E-state index in [-0.39, 0.29) is 0 Å². The third kappa shape index (κ3) is 9.24. The molecular formula is C16H34. The SMILES string of the molecule is CCC(C)CC(C)CCCC(C)CC(C)C. The van der Waals surface area contributed by atoms with E-state index in [9.17, 15) is 0 Å². The molecule has 0 fully saturated rings. The summed E-state index contributed by atoms with van der Waals surface area (Å²) >= 11 is 0. The number of hydrogen-bond donors (Lipinski definition) is 0. The smallest absolute Gasteiger partial charge is 0.0440 e. The first-order valence-corrected chi connectivity index (χ1v) is 7.45. The summed E-state index contributed by atoms with van der Waals surface area (Å²) in [5, 5.41) is 0. The third-order valence-electron chi connectivity index (χ3n) is 3.77. The lowest BCUT2D eigenvalue weighted by Gasteiger charge is -2.18. The van der Waals surface area contributed by atoms with Gasteiger partial charge in [-0.05, 0) is 36.5 Å². The molecule has 0 spiro atoms. The first kappa shape index (κ1) is 16.0. The van der Waals surface area contributed by atoms with Crippen molar-refractivity contribution in [2.45, 2.75) is 80.1 Å². The molecule has 0 heterocycles. The molecule has 16 heavy (non-hydrogen) atoms. The van der Waals surface area contributed by atoms with Gasteiger partial charge in [-0.1, -0.05) is 67.2 Å². The maximum atomic E-state index is 2.43. The van der Waals surface area contributed by atoms with Crippen LogP contribution in [0, 0.1) is 23.7 Å². The fourth-order valence-corrected chi connectivity index (χ4v) is 2.71. The van der Waals surface area contributed by atoms with Crippen molar-refractivity contribution in [1.29, 1.82) is 0 Å². The second-order valence-corrected chi connectivity index (χ2v) is 6.52. The van der Waals surface area contributed by atoms with Crippen molar-refractivity contribution in [3.8, 4) is 0 Å². The van der Waals surface area contributed by atoms with E-state index in [4.69, 9.17) is 0 Å². The Morgan fingerprint density at radius 2 is 1.19 bits per heavy atom. The van der Waals surface area contributed by atoms with Gasteiger partial charge in [0.15, 0.2) is 0 Å². The van der Waals surface area contributed by atoms with Crippen LogP contribution in [0.4, 0.5) is 0 Å². The fraction of sp³-hybridized carbons (Fsp3) is 1.00. The van der Waals surface area contributed by atoms with Gasteiger partial charge in [-0.2, -0.15) is 0 Å². The van der Waals surface area contributed by atoms with Crippen LogP contribution in [0.25, 0.3) is 0 Å². The number of hydrogen-bond acceptors (Lipinski definition) is 0. The summed E-state index contributed by atoms with van der Waals surface area (Å²) in [5.41, 5.74) is 0. The predicted octanol–water partition coefficient (Wildman–Crippen LogP) is 5.91. The molecular weight excluding hydrogens is 192 g/mol. The van der Waals surface area contributed by atoms with E-state index in [0.29, 0.717) is 0 Å². The van der Waals surface area contributed by atoms with Gasteiger partial charge < -0.3 is 0 Å². The van der Waals surface area contributed by atoms with Gasteiger partial charge in [0.05, 0.1) is 0 Å². The summed E-state index contributed by atoms with van der Waals surface area (Å²) in [6, 6.07) is 0. The Balaban J connectivity index is 3.49. The van der Waals surface area contributed by atoms with Gasteiger partial charge in [0.2, 0.25) is 0 Å². The molecule has 0 aliphatic rings. The van der Waals surface area contributed by atoms with Crippen LogP contribution in [-0.2, 0) is 0 Å². The monoisotopic (exact) mass is 226 g/mol. The normalized spacial score (nSPS) is 17.4. The molecule has 0 saturated carbocycles. The van der Waals surface area contributed by atoms with Gasteiger partial charge in [-0.3, -0.25) is 0 Å². The van der Waals surface area contributed by atoms with Crippen LogP contribution in [0.15, 0.2) is 0 Å². The molecule has 0 saturated heterocycles. The van der Waals surface area contributed by atoms with Gasteiger partial charge in [0, 0.05) is 0 Å². The van der Waals surface area contributed by atoms with Crippen molar-refractivity contribution >= 4 is 0 Å². The molecule has 3 unspecified atom stereocenters. The summed E-state index contributed by atoms with van der Waals surface area (Å²) in [4.78, 5) is 0. The highest BCUT2D eigenvalue weighted by Crippen LogP contribution is 2.23. The maximum absolute atomic E-state index is 2.43. The van der Waals surface area contributed by atoms with E-state index in [0.717, 1.165) is 23.7 Å². The first-order valence-electron chi connectivity index (χ1n) is 7.45. The Labute approximate surface area is 104 Å². The summed E-state index contributed by atoms with van der Waals surface area (Å²) in [7, 11) is 0. The molecule has 0 heteroatoms. The van der Waals surface area contributed by atoms with E-state index >= 15 is 0 Å². The van der Waals surface area contributed by atoms with Crippen molar-refractivity contribution in [2.75, 3.05) is 0 Å². The van der Waals surface area contributed by atoms with E-state index in [2.05, 4.69) is 41.5 Å². The van der Waals surface area contributed by atoms with Crippen LogP contribution >= 0.6 is 0 Å². The molecule has 0 aliphatic heterocycles. The van der Waals surface area contributed by atoms with Crippen LogP contribution in [0.5, 0.6) is 0 Å². The molecule has 0 radical (unpaired) electrons. The number of rotatable bonds is 9.